The van der Waals surface area contributed by atoms with Crippen LogP contribution in [0.2, 0.25) is 0 Å². The highest BCUT2D eigenvalue weighted by Gasteiger charge is 2.11. The Bertz CT molecular complexity index is 853. The maximum atomic E-state index is 12.8. The van der Waals surface area contributed by atoms with Crippen molar-refractivity contribution in [3.05, 3.63) is 75.6 Å². The monoisotopic (exact) mass is 372 g/mol. The van der Waals surface area contributed by atoms with Crippen LogP contribution in [0.4, 0.5) is 10.1 Å². The van der Waals surface area contributed by atoms with Crippen molar-refractivity contribution in [1.29, 1.82) is 0 Å². The van der Waals surface area contributed by atoms with Crippen molar-refractivity contribution in [3.8, 4) is 0 Å². The topological polar surface area (TPSA) is 114 Å². The van der Waals surface area contributed by atoms with Gasteiger partial charge in [0.25, 0.3) is 11.6 Å². The molecule has 0 saturated carbocycles. The van der Waals surface area contributed by atoms with Crippen LogP contribution in [0.5, 0.6) is 0 Å². The Hall–Kier alpha value is -3.62. The standard InChI is InChI=1S/C18H17FN4O4/c19-15-8-6-13(7-9-15)12-21-22-17(24)5-2-10-20-18(25)14-3-1-4-16(11-14)23(26)27/h1,3-4,6-9,11-12H,2,5,10H2,(H,20,25)(H,22,24)/b21-12+. The second-order valence-electron chi connectivity index (χ2n) is 5.51. The van der Waals surface area contributed by atoms with Crippen LogP contribution < -0.4 is 10.7 Å². The maximum absolute atomic E-state index is 12.8. The number of carbonyl (C=O) groups is 2. The number of rotatable bonds is 8. The molecule has 140 valence electrons. The van der Waals surface area contributed by atoms with Gasteiger partial charge in [-0.2, -0.15) is 5.10 Å². The molecule has 0 aliphatic rings. The Labute approximate surface area is 154 Å². The first-order valence-electron chi connectivity index (χ1n) is 8.06. The molecule has 0 aliphatic heterocycles. The number of non-ortho nitro benzene ring substituents is 1. The van der Waals surface area contributed by atoms with Crippen LogP contribution in [0.25, 0.3) is 0 Å². The van der Waals surface area contributed by atoms with Gasteiger partial charge >= 0.3 is 0 Å². The van der Waals surface area contributed by atoms with Gasteiger partial charge < -0.3 is 5.32 Å². The molecule has 2 N–H and O–H groups in total. The first-order valence-corrected chi connectivity index (χ1v) is 8.06. The Balaban J connectivity index is 1.69. The molecule has 0 radical (unpaired) electrons. The number of carbonyl (C=O) groups excluding carboxylic acids is 2. The van der Waals surface area contributed by atoms with Crippen LogP contribution in [0, 0.1) is 15.9 Å². The average molecular weight is 372 g/mol. The van der Waals surface area contributed by atoms with Gasteiger partial charge in [-0.25, -0.2) is 9.82 Å². The number of nitrogens with zero attached hydrogens (tertiary/aromatic N) is 2. The zero-order chi connectivity index (χ0) is 19.6. The molecule has 0 heterocycles. The Morgan fingerprint density at radius 1 is 1.19 bits per heavy atom. The van der Waals surface area contributed by atoms with E-state index in [0.29, 0.717) is 12.0 Å². The summed E-state index contributed by atoms with van der Waals surface area (Å²) in [5.74, 6) is -1.14. The largest absolute Gasteiger partial charge is 0.352 e. The van der Waals surface area contributed by atoms with Crippen LogP contribution in [0.15, 0.2) is 53.6 Å². The van der Waals surface area contributed by atoms with E-state index < -0.39 is 10.8 Å². The van der Waals surface area contributed by atoms with E-state index in [0.717, 1.165) is 0 Å². The van der Waals surface area contributed by atoms with E-state index in [9.17, 15) is 24.1 Å². The van der Waals surface area contributed by atoms with Gasteiger partial charge in [0.1, 0.15) is 5.82 Å². The molecule has 9 heteroatoms. The minimum atomic E-state index is -0.576. The van der Waals surface area contributed by atoms with Gasteiger partial charge in [0.2, 0.25) is 5.91 Å². The van der Waals surface area contributed by atoms with Gasteiger partial charge in [-0.3, -0.25) is 19.7 Å². The minimum absolute atomic E-state index is 0.135. The van der Waals surface area contributed by atoms with E-state index in [1.54, 1.807) is 0 Å². The third-order valence-corrected chi connectivity index (χ3v) is 3.46. The summed E-state index contributed by atoms with van der Waals surface area (Å²) >= 11 is 0. The van der Waals surface area contributed by atoms with Crippen molar-refractivity contribution in [2.45, 2.75) is 12.8 Å². The molecule has 0 unspecified atom stereocenters. The van der Waals surface area contributed by atoms with Crippen LogP contribution in [0.3, 0.4) is 0 Å². The van der Waals surface area contributed by atoms with Gasteiger partial charge in [0.05, 0.1) is 11.1 Å². The van der Waals surface area contributed by atoms with Crippen LogP contribution in [-0.2, 0) is 4.79 Å². The summed E-state index contributed by atoms with van der Waals surface area (Å²) in [4.78, 5) is 33.7. The fourth-order valence-electron chi connectivity index (χ4n) is 2.10. The number of hydrogen-bond acceptors (Lipinski definition) is 5. The van der Waals surface area contributed by atoms with Crippen LogP contribution in [-0.4, -0.2) is 29.5 Å². The number of benzene rings is 2. The molecule has 2 aromatic carbocycles. The number of amides is 2. The summed E-state index contributed by atoms with van der Waals surface area (Å²) in [5.41, 5.74) is 2.99. The maximum Gasteiger partial charge on any atom is 0.270 e. The molecule has 27 heavy (non-hydrogen) atoms. The van der Waals surface area contributed by atoms with Crippen molar-refractivity contribution < 1.29 is 18.9 Å². The Morgan fingerprint density at radius 2 is 1.93 bits per heavy atom. The first-order chi connectivity index (χ1) is 13.0. The SMILES string of the molecule is O=C(CCCNC(=O)c1cccc([N+](=O)[O-])c1)N/N=C/c1ccc(F)cc1. The highest BCUT2D eigenvalue weighted by Crippen LogP contribution is 2.12. The van der Waals surface area contributed by atoms with Crippen LogP contribution >= 0.6 is 0 Å². The molecule has 0 atom stereocenters. The van der Waals surface area contributed by atoms with Crippen molar-refractivity contribution in [1.82, 2.24) is 10.7 Å². The summed E-state index contributed by atoms with van der Waals surface area (Å²) in [6.45, 7) is 0.233. The molecule has 0 spiro atoms. The zero-order valence-corrected chi connectivity index (χ0v) is 14.2. The lowest BCUT2D eigenvalue weighted by Crippen LogP contribution is -2.26. The lowest BCUT2D eigenvalue weighted by atomic mass is 10.2. The van der Waals surface area contributed by atoms with E-state index in [-0.39, 0.29) is 35.9 Å². The fourth-order valence-corrected chi connectivity index (χ4v) is 2.10. The quantitative estimate of drug-likeness (QED) is 0.320. The van der Waals surface area contributed by atoms with E-state index in [1.165, 1.54) is 54.7 Å². The van der Waals surface area contributed by atoms with Crippen molar-refractivity contribution in [3.63, 3.8) is 0 Å². The van der Waals surface area contributed by atoms with Crippen molar-refractivity contribution in [2.75, 3.05) is 6.54 Å². The van der Waals surface area contributed by atoms with Gasteiger partial charge in [0, 0.05) is 30.7 Å². The number of hydrazone groups is 1. The van der Waals surface area contributed by atoms with E-state index in [1.807, 2.05) is 0 Å². The molecule has 0 aromatic heterocycles. The Morgan fingerprint density at radius 3 is 2.63 bits per heavy atom. The summed E-state index contributed by atoms with van der Waals surface area (Å²) in [6.07, 6.45) is 1.90. The van der Waals surface area contributed by atoms with Gasteiger partial charge in [-0.05, 0) is 30.2 Å². The second-order valence-corrected chi connectivity index (χ2v) is 5.51. The normalized spacial score (nSPS) is 10.6. The van der Waals surface area contributed by atoms with Crippen LogP contribution in [0.1, 0.15) is 28.8 Å². The van der Waals surface area contributed by atoms with Crippen molar-refractivity contribution in [2.24, 2.45) is 5.10 Å². The van der Waals surface area contributed by atoms with Gasteiger partial charge in [-0.1, -0.05) is 18.2 Å². The predicted octanol–water partition coefficient (Wildman–Crippen LogP) is 2.39. The molecular weight excluding hydrogens is 355 g/mol. The second kappa shape index (κ2) is 9.76. The molecule has 0 bridgehead atoms. The molecule has 2 amide bonds. The fraction of sp³-hybridized carbons (Fsp3) is 0.167. The molecule has 2 rings (SSSR count). The average Bonchev–Trinajstić information content (AvgIpc) is 2.66. The number of nitro benzene ring substituents is 1. The zero-order valence-electron chi connectivity index (χ0n) is 14.2. The lowest BCUT2D eigenvalue weighted by molar-refractivity contribution is -0.384. The minimum Gasteiger partial charge on any atom is -0.352 e. The molecule has 8 nitrogen and oxygen atoms in total. The van der Waals surface area contributed by atoms with E-state index in [4.69, 9.17) is 0 Å². The molecule has 0 saturated heterocycles. The summed E-state index contributed by atoms with van der Waals surface area (Å²) in [5, 5.41) is 17.1. The third-order valence-electron chi connectivity index (χ3n) is 3.46. The number of hydrogen-bond donors (Lipinski definition) is 2. The Kier molecular flexibility index (Phi) is 7.12. The first kappa shape index (κ1) is 19.7. The smallest absolute Gasteiger partial charge is 0.270 e. The molecular formula is C18H17FN4O4. The van der Waals surface area contributed by atoms with Crippen molar-refractivity contribution >= 4 is 23.7 Å². The van der Waals surface area contributed by atoms with E-state index >= 15 is 0 Å². The predicted molar refractivity (Wildman–Crippen MR) is 96.8 cm³/mol. The van der Waals surface area contributed by atoms with Gasteiger partial charge in [0.15, 0.2) is 0 Å². The number of nitrogens with one attached hydrogen (secondary N) is 2. The van der Waals surface area contributed by atoms with E-state index in [2.05, 4.69) is 15.8 Å². The molecule has 0 fully saturated rings. The number of halogens is 1. The van der Waals surface area contributed by atoms with Gasteiger partial charge in [-0.15, -0.1) is 0 Å². The molecule has 0 aliphatic carbocycles. The summed E-state index contributed by atoms with van der Waals surface area (Å²) < 4.78 is 12.8. The summed E-state index contributed by atoms with van der Waals surface area (Å²) in [7, 11) is 0. The highest BCUT2D eigenvalue weighted by molar-refractivity contribution is 5.94. The summed E-state index contributed by atoms with van der Waals surface area (Å²) in [6, 6.07) is 11.0. The number of nitro groups is 1. The third kappa shape index (κ3) is 6.65. The lowest BCUT2D eigenvalue weighted by Gasteiger charge is -2.05. The molecule has 2 aromatic rings. The highest BCUT2D eigenvalue weighted by atomic mass is 19.1.